The van der Waals surface area contributed by atoms with Crippen LogP contribution in [0.2, 0.25) is 0 Å². The van der Waals surface area contributed by atoms with Crippen LogP contribution in [0, 0.1) is 11.8 Å². The van der Waals surface area contributed by atoms with Crippen molar-refractivity contribution in [3.05, 3.63) is 48.0 Å². The number of piperidine rings is 1. The molecule has 0 aromatic heterocycles. The normalized spacial score (nSPS) is 20.9. The lowest BCUT2D eigenvalue weighted by atomic mass is 10.0. The molecule has 2 amide bonds. The molecule has 9 nitrogen and oxygen atoms in total. The molecule has 10 heteroatoms. The number of nitrogens with one attached hydrogen (secondary N) is 1. The van der Waals surface area contributed by atoms with Crippen molar-refractivity contribution in [1.29, 1.82) is 0 Å². The Morgan fingerprint density at radius 1 is 1.06 bits per heavy atom. The van der Waals surface area contributed by atoms with Gasteiger partial charge in [0.2, 0.25) is 28.6 Å². The molecule has 2 fully saturated rings. The van der Waals surface area contributed by atoms with Gasteiger partial charge >= 0.3 is 0 Å². The first-order valence-corrected chi connectivity index (χ1v) is 13.3. The fourth-order valence-corrected chi connectivity index (χ4v) is 6.16. The van der Waals surface area contributed by atoms with E-state index in [9.17, 15) is 18.0 Å². The molecular formula is C25H29N3O6S. The van der Waals surface area contributed by atoms with Crippen molar-refractivity contribution >= 4 is 27.5 Å². The van der Waals surface area contributed by atoms with Crippen molar-refractivity contribution < 1.29 is 27.5 Å². The van der Waals surface area contributed by atoms with Gasteiger partial charge in [-0.25, -0.2) is 8.42 Å². The zero-order chi connectivity index (χ0) is 24.6. The van der Waals surface area contributed by atoms with Crippen molar-refractivity contribution in [2.75, 3.05) is 31.3 Å². The van der Waals surface area contributed by atoms with E-state index >= 15 is 0 Å². The van der Waals surface area contributed by atoms with Gasteiger partial charge in [-0.05, 0) is 60.7 Å². The molecule has 0 aliphatic carbocycles. The third-order valence-electron chi connectivity index (χ3n) is 6.93. The Bertz CT molecular complexity index is 1220. The standard InChI is InChI=1S/C25H29N3O6S/c1-17-8-10-27(11-9-17)35(31,32)21-5-3-20(4-6-21)28-15-19(13-24(28)29)25(30)26-14-18-2-7-22-23(12-18)34-16-33-22/h2-7,12,17,19H,8-11,13-16H2,1H3,(H,26,30)/t19-/m1/s1. The minimum Gasteiger partial charge on any atom is -0.454 e. The minimum absolute atomic E-state index is 0.110. The molecule has 2 aromatic rings. The molecule has 35 heavy (non-hydrogen) atoms. The highest BCUT2D eigenvalue weighted by Gasteiger charge is 2.35. The second-order valence-corrected chi connectivity index (χ2v) is 11.3. The maximum Gasteiger partial charge on any atom is 0.243 e. The summed E-state index contributed by atoms with van der Waals surface area (Å²) in [7, 11) is -3.55. The molecule has 0 saturated carbocycles. The number of amides is 2. The predicted molar refractivity (Wildman–Crippen MR) is 128 cm³/mol. The van der Waals surface area contributed by atoms with E-state index < -0.39 is 15.9 Å². The predicted octanol–water partition coefficient (Wildman–Crippen LogP) is 2.51. The van der Waals surface area contributed by atoms with Crippen molar-refractivity contribution in [3.63, 3.8) is 0 Å². The van der Waals surface area contributed by atoms with Crippen molar-refractivity contribution in [1.82, 2.24) is 9.62 Å². The van der Waals surface area contributed by atoms with E-state index in [-0.39, 0.29) is 36.5 Å². The van der Waals surface area contributed by atoms with Crippen LogP contribution in [0.3, 0.4) is 0 Å². The number of fused-ring (bicyclic) bond motifs is 1. The molecule has 3 aliphatic heterocycles. The summed E-state index contributed by atoms with van der Waals surface area (Å²) >= 11 is 0. The molecule has 1 N–H and O–H groups in total. The third kappa shape index (κ3) is 4.85. The van der Waals surface area contributed by atoms with Crippen LogP contribution in [0.25, 0.3) is 0 Å². The van der Waals surface area contributed by atoms with E-state index in [0.29, 0.717) is 42.7 Å². The van der Waals surface area contributed by atoms with E-state index in [1.54, 1.807) is 35.2 Å². The summed E-state index contributed by atoms with van der Waals surface area (Å²) in [4.78, 5) is 27.1. The summed E-state index contributed by atoms with van der Waals surface area (Å²) in [6.45, 7) is 3.95. The molecule has 3 heterocycles. The highest BCUT2D eigenvalue weighted by atomic mass is 32.2. The van der Waals surface area contributed by atoms with E-state index in [0.717, 1.165) is 18.4 Å². The average Bonchev–Trinajstić information content (AvgIpc) is 3.49. The van der Waals surface area contributed by atoms with Gasteiger partial charge in [-0.15, -0.1) is 0 Å². The number of anilines is 1. The van der Waals surface area contributed by atoms with Crippen LogP contribution in [-0.2, 0) is 26.2 Å². The Morgan fingerprint density at radius 2 is 1.77 bits per heavy atom. The van der Waals surface area contributed by atoms with E-state index in [4.69, 9.17) is 9.47 Å². The number of nitrogens with zero attached hydrogens (tertiary/aromatic N) is 2. The SMILES string of the molecule is CC1CCN(S(=O)(=O)c2ccc(N3C[C@H](C(=O)NCc4ccc5c(c4)OCO5)CC3=O)cc2)CC1. The smallest absolute Gasteiger partial charge is 0.243 e. The molecule has 0 spiro atoms. The van der Waals surface area contributed by atoms with Crippen LogP contribution in [0.15, 0.2) is 47.4 Å². The Balaban J connectivity index is 1.19. The minimum atomic E-state index is -3.55. The number of hydrogen-bond acceptors (Lipinski definition) is 6. The maximum absolute atomic E-state index is 13.0. The van der Waals surface area contributed by atoms with Crippen LogP contribution in [0.5, 0.6) is 11.5 Å². The second-order valence-electron chi connectivity index (χ2n) is 9.39. The molecule has 0 radical (unpaired) electrons. The van der Waals surface area contributed by atoms with E-state index in [1.807, 2.05) is 12.1 Å². The van der Waals surface area contributed by atoms with Gasteiger partial charge in [-0.1, -0.05) is 13.0 Å². The highest BCUT2D eigenvalue weighted by Crippen LogP contribution is 2.33. The van der Waals surface area contributed by atoms with Crippen molar-refractivity contribution in [2.45, 2.75) is 37.6 Å². The Labute approximate surface area is 205 Å². The van der Waals surface area contributed by atoms with E-state index in [1.165, 1.54) is 4.31 Å². The molecule has 186 valence electrons. The monoisotopic (exact) mass is 499 g/mol. The number of benzene rings is 2. The molecule has 0 unspecified atom stereocenters. The lowest BCUT2D eigenvalue weighted by Gasteiger charge is -2.29. The third-order valence-corrected chi connectivity index (χ3v) is 8.84. The first-order valence-electron chi connectivity index (χ1n) is 11.9. The molecule has 5 rings (SSSR count). The topological polar surface area (TPSA) is 105 Å². The molecule has 3 aliphatic rings. The zero-order valence-corrected chi connectivity index (χ0v) is 20.4. The summed E-state index contributed by atoms with van der Waals surface area (Å²) in [5.74, 6) is 1.04. The van der Waals surface area contributed by atoms with Crippen LogP contribution < -0.4 is 19.7 Å². The van der Waals surface area contributed by atoms with Gasteiger partial charge in [0.15, 0.2) is 11.5 Å². The first-order chi connectivity index (χ1) is 16.8. The van der Waals surface area contributed by atoms with Crippen LogP contribution >= 0.6 is 0 Å². The molecule has 2 aromatic carbocycles. The molecule has 1 atom stereocenters. The largest absolute Gasteiger partial charge is 0.454 e. The Morgan fingerprint density at radius 3 is 2.51 bits per heavy atom. The number of sulfonamides is 1. The van der Waals surface area contributed by atoms with Gasteiger partial charge in [0, 0.05) is 38.3 Å². The number of ether oxygens (including phenoxy) is 2. The number of hydrogen-bond donors (Lipinski definition) is 1. The van der Waals surface area contributed by atoms with Crippen LogP contribution in [0.1, 0.15) is 31.7 Å². The quantitative estimate of drug-likeness (QED) is 0.655. The van der Waals surface area contributed by atoms with Crippen LogP contribution in [0.4, 0.5) is 5.69 Å². The van der Waals surface area contributed by atoms with Gasteiger partial charge in [0.1, 0.15) is 0 Å². The summed E-state index contributed by atoms with van der Waals surface area (Å²) < 4.78 is 38.1. The average molecular weight is 500 g/mol. The maximum atomic E-state index is 13.0. The number of carbonyl (C=O) groups is 2. The summed E-state index contributed by atoms with van der Waals surface area (Å²) in [6, 6.07) is 11.9. The molecular weight excluding hydrogens is 470 g/mol. The molecule has 0 bridgehead atoms. The summed E-state index contributed by atoms with van der Waals surface area (Å²) in [5, 5.41) is 2.89. The lowest BCUT2D eigenvalue weighted by molar-refractivity contribution is -0.126. The first kappa shape index (κ1) is 23.6. The fraction of sp³-hybridized carbons (Fsp3) is 0.440. The van der Waals surface area contributed by atoms with Crippen molar-refractivity contribution in [3.8, 4) is 11.5 Å². The molecule has 2 saturated heterocycles. The summed E-state index contributed by atoms with van der Waals surface area (Å²) in [5.41, 5.74) is 1.47. The van der Waals surface area contributed by atoms with Crippen LogP contribution in [-0.4, -0.2) is 51.0 Å². The highest BCUT2D eigenvalue weighted by molar-refractivity contribution is 7.89. The zero-order valence-electron chi connectivity index (χ0n) is 19.6. The number of carbonyl (C=O) groups excluding carboxylic acids is 2. The van der Waals surface area contributed by atoms with Gasteiger partial charge in [-0.2, -0.15) is 4.31 Å². The van der Waals surface area contributed by atoms with Crippen molar-refractivity contribution in [2.24, 2.45) is 11.8 Å². The van der Waals surface area contributed by atoms with E-state index in [2.05, 4.69) is 12.2 Å². The van der Waals surface area contributed by atoms with Gasteiger partial charge in [-0.3, -0.25) is 9.59 Å². The Hall–Kier alpha value is -3.11. The summed E-state index contributed by atoms with van der Waals surface area (Å²) in [6.07, 6.45) is 1.83. The second kappa shape index (κ2) is 9.50. The van der Waals surface area contributed by atoms with Gasteiger partial charge < -0.3 is 19.7 Å². The van der Waals surface area contributed by atoms with Gasteiger partial charge in [0.25, 0.3) is 0 Å². The lowest BCUT2D eigenvalue weighted by Crippen LogP contribution is -2.37. The fourth-order valence-electron chi connectivity index (χ4n) is 4.69. The number of rotatable bonds is 6. The van der Waals surface area contributed by atoms with Gasteiger partial charge in [0.05, 0.1) is 10.8 Å². The Kier molecular flexibility index (Phi) is 6.41.